The normalized spacial score (nSPS) is 11.9. The minimum absolute atomic E-state index is 0.107. The topological polar surface area (TPSA) is 54.0 Å². The summed E-state index contributed by atoms with van der Waals surface area (Å²) < 4.78 is 53.3. The van der Waals surface area contributed by atoms with Crippen LogP contribution in [0.3, 0.4) is 0 Å². The number of pyridine rings is 1. The summed E-state index contributed by atoms with van der Waals surface area (Å²) in [6, 6.07) is 6.53. The molecule has 0 aliphatic carbocycles. The Morgan fingerprint density at radius 3 is 2.40 bits per heavy atom. The van der Waals surface area contributed by atoms with Crippen LogP contribution in [0, 0.1) is 29.4 Å². The first kappa shape index (κ1) is 18.7. The number of nitrogens with zero attached hydrogens (tertiary/aromatic N) is 1. The van der Waals surface area contributed by atoms with Gasteiger partial charge in [-0.25, -0.2) is 0 Å². The zero-order valence-corrected chi connectivity index (χ0v) is 13.7. The van der Waals surface area contributed by atoms with Crippen LogP contribution in [-0.2, 0) is 11.3 Å². The molecule has 0 aliphatic heterocycles. The fourth-order valence-electron chi connectivity index (χ4n) is 2.04. The van der Waals surface area contributed by atoms with Gasteiger partial charge in [-0.3, -0.25) is 4.79 Å². The van der Waals surface area contributed by atoms with Gasteiger partial charge in [0.15, 0.2) is 0 Å². The van der Waals surface area contributed by atoms with E-state index in [4.69, 9.17) is 0 Å². The molecule has 0 bridgehead atoms. The Morgan fingerprint density at radius 1 is 1.16 bits per heavy atom. The molecule has 0 fully saturated rings. The van der Waals surface area contributed by atoms with Gasteiger partial charge in [0, 0.05) is 18.2 Å². The second-order valence-corrected chi connectivity index (χ2v) is 5.55. The summed E-state index contributed by atoms with van der Waals surface area (Å²) in [5.74, 6) is -6.96. The number of carbonyl (C=O) groups is 1. The summed E-state index contributed by atoms with van der Waals surface area (Å²) in [6.07, 6.45) is 0.685. The lowest BCUT2D eigenvalue weighted by Gasteiger charge is -2.12. The maximum Gasteiger partial charge on any atom is 0.253 e. The van der Waals surface area contributed by atoms with Gasteiger partial charge in [0.2, 0.25) is 17.5 Å². The van der Waals surface area contributed by atoms with E-state index >= 15 is 0 Å². The van der Waals surface area contributed by atoms with E-state index in [0.717, 1.165) is 0 Å². The third-order valence-corrected chi connectivity index (χ3v) is 3.72. The van der Waals surface area contributed by atoms with Gasteiger partial charge in [0.25, 0.3) is 11.9 Å². The number of aromatic nitrogens is 1. The molecule has 2 N–H and O–H groups in total. The maximum atomic E-state index is 13.6. The van der Waals surface area contributed by atoms with Crippen molar-refractivity contribution in [1.29, 1.82) is 0 Å². The molecule has 0 saturated carbocycles. The van der Waals surface area contributed by atoms with Crippen LogP contribution in [0.25, 0.3) is 0 Å². The molecule has 0 radical (unpaired) electrons. The Hall–Kier alpha value is -2.64. The lowest BCUT2D eigenvalue weighted by Crippen LogP contribution is -2.19. The van der Waals surface area contributed by atoms with E-state index in [1.54, 1.807) is 31.2 Å². The molecular formula is C17H17F4N3O. The molecule has 2 aromatic rings. The van der Waals surface area contributed by atoms with Crippen LogP contribution < -0.4 is 10.6 Å². The van der Waals surface area contributed by atoms with Crippen LogP contribution in [0.1, 0.15) is 25.8 Å². The predicted molar refractivity (Wildman–Crippen MR) is 85.9 cm³/mol. The highest BCUT2D eigenvalue weighted by molar-refractivity contribution is 5.92. The Balaban J connectivity index is 2.12. The number of amides is 1. The first-order chi connectivity index (χ1) is 11.8. The molecule has 0 spiro atoms. The van der Waals surface area contributed by atoms with Crippen LogP contribution in [0.5, 0.6) is 0 Å². The van der Waals surface area contributed by atoms with Gasteiger partial charge in [-0.2, -0.15) is 22.5 Å². The fourth-order valence-corrected chi connectivity index (χ4v) is 2.04. The number of benzene rings is 1. The maximum absolute atomic E-state index is 13.6. The lowest BCUT2D eigenvalue weighted by atomic mass is 10.1. The summed E-state index contributed by atoms with van der Waals surface area (Å²) in [5.41, 5.74) is 0.134. The Labute approximate surface area is 142 Å². The van der Waals surface area contributed by atoms with Gasteiger partial charge in [0.1, 0.15) is 5.69 Å². The fraction of sp³-hybridized carbons (Fsp3) is 0.294. The molecule has 1 atom stereocenters. The zero-order chi connectivity index (χ0) is 18.6. The SMILES string of the molecule is CCC(C)C(=O)Nc1cccc(CNc2c(F)c(F)nc(F)c2F)c1. The smallest absolute Gasteiger partial charge is 0.253 e. The largest absolute Gasteiger partial charge is 0.376 e. The minimum atomic E-state index is -1.73. The Kier molecular flexibility index (Phi) is 5.95. The highest BCUT2D eigenvalue weighted by atomic mass is 19.2. The highest BCUT2D eigenvalue weighted by Crippen LogP contribution is 2.23. The summed E-state index contributed by atoms with van der Waals surface area (Å²) >= 11 is 0. The van der Waals surface area contributed by atoms with Crippen LogP contribution in [-0.4, -0.2) is 10.9 Å². The van der Waals surface area contributed by atoms with Crippen LogP contribution >= 0.6 is 0 Å². The molecule has 1 unspecified atom stereocenters. The number of nitrogens with one attached hydrogen (secondary N) is 2. The van der Waals surface area contributed by atoms with E-state index in [-0.39, 0.29) is 18.4 Å². The van der Waals surface area contributed by atoms with Crippen LogP contribution in [0.15, 0.2) is 24.3 Å². The number of carbonyl (C=O) groups excluding carboxylic acids is 1. The first-order valence-corrected chi connectivity index (χ1v) is 7.67. The van der Waals surface area contributed by atoms with Crippen molar-refractivity contribution in [2.45, 2.75) is 26.8 Å². The molecule has 1 aromatic carbocycles. The molecule has 1 amide bonds. The predicted octanol–water partition coefficient (Wildman–Crippen LogP) is 4.23. The third kappa shape index (κ3) is 4.46. The molecule has 4 nitrogen and oxygen atoms in total. The molecule has 25 heavy (non-hydrogen) atoms. The minimum Gasteiger partial charge on any atom is -0.376 e. The van der Waals surface area contributed by atoms with Gasteiger partial charge in [-0.1, -0.05) is 26.0 Å². The molecule has 1 aromatic heterocycles. The van der Waals surface area contributed by atoms with E-state index in [1.807, 2.05) is 6.92 Å². The molecular weight excluding hydrogens is 338 g/mol. The number of hydrogen-bond donors (Lipinski definition) is 2. The van der Waals surface area contributed by atoms with Crippen molar-refractivity contribution < 1.29 is 22.4 Å². The van der Waals surface area contributed by atoms with E-state index in [1.165, 1.54) is 0 Å². The van der Waals surface area contributed by atoms with Crippen molar-refractivity contribution in [3.05, 3.63) is 53.4 Å². The van der Waals surface area contributed by atoms with Gasteiger partial charge in [-0.05, 0) is 24.1 Å². The third-order valence-electron chi connectivity index (χ3n) is 3.72. The second-order valence-electron chi connectivity index (χ2n) is 5.55. The average Bonchev–Trinajstić information content (AvgIpc) is 2.59. The molecule has 134 valence electrons. The summed E-state index contributed by atoms with van der Waals surface area (Å²) in [7, 11) is 0. The van der Waals surface area contributed by atoms with Crippen molar-refractivity contribution in [3.8, 4) is 0 Å². The first-order valence-electron chi connectivity index (χ1n) is 7.67. The number of halogens is 4. The second kappa shape index (κ2) is 7.96. The van der Waals surface area contributed by atoms with E-state index in [0.29, 0.717) is 17.7 Å². The number of anilines is 2. The van der Waals surface area contributed by atoms with Crippen molar-refractivity contribution in [2.24, 2.45) is 5.92 Å². The molecule has 0 saturated heterocycles. The monoisotopic (exact) mass is 355 g/mol. The van der Waals surface area contributed by atoms with E-state index in [9.17, 15) is 22.4 Å². The molecule has 8 heteroatoms. The van der Waals surface area contributed by atoms with Gasteiger partial charge < -0.3 is 10.6 Å². The summed E-state index contributed by atoms with van der Waals surface area (Å²) in [4.78, 5) is 14.4. The van der Waals surface area contributed by atoms with Gasteiger partial charge in [0.05, 0.1) is 0 Å². The van der Waals surface area contributed by atoms with Crippen LogP contribution in [0.2, 0.25) is 0 Å². The van der Waals surface area contributed by atoms with E-state index in [2.05, 4.69) is 15.6 Å². The summed E-state index contributed by atoms with van der Waals surface area (Å²) in [5, 5.41) is 5.04. The van der Waals surface area contributed by atoms with Crippen molar-refractivity contribution >= 4 is 17.3 Å². The molecule has 2 rings (SSSR count). The Morgan fingerprint density at radius 2 is 1.80 bits per heavy atom. The number of hydrogen-bond acceptors (Lipinski definition) is 3. The quantitative estimate of drug-likeness (QED) is 0.602. The molecule has 0 aliphatic rings. The Bertz CT molecular complexity index is 756. The molecule has 1 heterocycles. The zero-order valence-electron chi connectivity index (χ0n) is 13.7. The average molecular weight is 355 g/mol. The number of rotatable bonds is 6. The van der Waals surface area contributed by atoms with Crippen molar-refractivity contribution in [1.82, 2.24) is 4.98 Å². The van der Waals surface area contributed by atoms with Crippen LogP contribution in [0.4, 0.5) is 28.9 Å². The van der Waals surface area contributed by atoms with Gasteiger partial charge in [-0.15, -0.1) is 0 Å². The van der Waals surface area contributed by atoms with Crippen molar-refractivity contribution in [3.63, 3.8) is 0 Å². The lowest BCUT2D eigenvalue weighted by molar-refractivity contribution is -0.119. The van der Waals surface area contributed by atoms with Crippen molar-refractivity contribution in [2.75, 3.05) is 10.6 Å². The summed E-state index contributed by atoms with van der Waals surface area (Å²) in [6.45, 7) is 3.57. The standard InChI is InChI=1S/C17H17F4N3O/c1-3-9(2)17(25)23-11-6-4-5-10(7-11)8-22-14-12(18)15(20)24-16(21)13(14)19/h4-7,9H,3,8H2,1-2H3,(H,22,24)(H,23,25). The highest BCUT2D eigenvalue weighted by Gasteiger charge is 2.20. The van der Waals surface area contributed by atoms with E-state index < -0.39 is 29.2 Å². The van der Waals surface area contributed by atoms with Gasteiger partial charge >= 0.3 is 0 Å².